The molecule has 0 bridgehead atoms. The van der Waals surface area contributed by atoms with Crippen molar-refractivity contribution in [3.05, 3.63) is 41.7 Å². The van der Waals surface area contributed by atoms with E-state index in [1.54, 1.807) is 12.1 Å². The Balaban J connectivity index is 1.40. The van der Waals surface area contributed by atoms with Gasteiger partial charge in [-0.1, -0.05) is 24.3 Å². The fraction of sp³-hybridized carbons (Fsp3) is 0.571. The van der Waals surface area contributed by atoms with Crippen LogP contribution in [0.3, 0.4) is 0 Å². The largest absolute Gasteiger partial charge is 0.343 e. The lowest BCUT2D eigenvalue weighted by molar-refractivity contribution is -0.130. The van der Waals surface area contributed by atoms with Crippen LogP contribution in [0.2, 0.25) is 0 Å². The molecule has 3 nitrogen and oxygen atoms in total. The molecular formula is C21H29FN2O. The molecule has 0 aromatic heterocycles. The van der Waals surface area contributed by atoms with Gasteiger partial charge in [-0.15, -0.1) is 0 Å². The number of rotatable bonds is 6. The Morgan fingerprint density at radius 3 is 2.64 bits per heavy atom. The van der Waals surface area contributed by atoms with Crippen LogP contribution in [-0.4, -0.2) is 48.4 Å². The van der Waals surface area contributed by atoms with Gasteiger partial charge in [0.1, 0.15) is 5.82 Å². The van der Waals surface area contributed by atoms with Gasteiger partial charge in [0, 0.05) is 32.6 Å². The highest BCUT2D eigenvalue weighted by Gasteiger charge is 2.22. The summed E-state index contributed by atoms with van der Waals surface area (Å²) < 4.78 is 12.9. The molecule has 136 valence electrons. The fourth-order valence-electron chi connectivity index (χ4n) is 3.92. The molecule has 1 amide bonds. The van der Waals surface area contributed by atoms with Crippen molar-refractivity contribution in [2.45, 2.75) is 38.5 Å². The molecule has 0 radical (unpaired) electrons. The van der Waals surface area contributed by atoms with E-state index in [-0.39, 0.29) is 5.82 Å². The summed E-state index contributed by atoms with van der Waals surface area (Å²) in [4.78, 5) is 16.7. The van der Waals surface area contributed by atoms with E-state index in [4.69, 9.17) is 0 Å². The predicted octanol–water partition coefficient (Wildman–Crippen LogP) is 3.95. The summed E-state index contributed by atoms with van der Waals surface area (Å²) in [6.07, 6.45) is 10.7. The van der Waals surface area contributed by atoms with Crippen LogP contribution in [0.25, 0.3) is 6.08 Å². The van der Waals surface area contributed by atoms with Crippen molar-refractivity contribution < 1.29 is 9.18 Å². The maximum absolute atomic E-state index is 12.9. The van der Waals surface area contributed by atoms with Gasteiger partial charge in [0.15, 0.2) is 0 Å². The van der Waals surface area contributed by atoms with E-state index in [2.05, 4.69) is 17.1 Å². The first-order valence-corrected chi connectivity index (χ1v) is 9.63. The van der Waals surface area contributed by atoms with Crippen LogP contribution < -0.4 is 0 Å². The molecule has 25 heavy (non-hydrogen) atoms. The van der Waals surface area contributed by atoms with E-state index < -0.39 is 0 Å². The summed E-state index contributed by atoms with van der Waals surface area (Å²) in [7, 11) is 0. The molecule has 0 aliphatic carbocycles. The van der Waals surface area contributed by atoms with Crippen molar-refractivity contribution in [2.75, 3.05) is 32.7 Å². The number of benzene rings is 1. The number of nitrogens with zero attached hydrogens (tertiary/aromatic N) is 2. The molecule has 1 atom stereocenters. The zero-order valence-corrected chi connectivity index (χ0v) is 15.0. The number of piperidine rings is 1. The third-order valence-corrected chi connectivity index (χ3v) is 5.37. The standard InChI is InChI=1S/C21H29FN2O/c22-20-10-7-18(8-11-20)5-3-13-23-14-4-6-19(17-23)9-12-21(25)24-15-1-2-16-24/h3,5,7-8,10-11,19H,1-2,4,6,9,12-17H2/b5-3+. The SMILES string of the molecule is O=C(CCC1CCCN(C/C=C/c2ccc(F)cc2)C1)N1CCCC1. The van der Waals surface area contributed by atoms with E-state index in [1.165, 1.54) is 37.8 Å². The summed E-state index contributed by atoms with van der Waals surface area (Å²) in [6, 6.07) is 6.59. The third kappa shape index (κ3) is 5.67. The molecule has 2 fully saturated rings. The quantitative estimate of drug-likeness (QED) is 0.780. The zero-order valence-electron chi connectivity index (χ0n) is 15.0. The maximum Gasteiger partial charge on any atom is 0.222 e. The molecule has 2 aliphatic heterocycles. The molecule has 0 N–H and O–H groups in total. The highest BCUT2D eigenvalue weighted by atomic mass is 19.1. The zero-order chi connectivity index (χ0) is 17.5. The van der Waals surface area contributed by atoms with E-state index in [0.29, 0.717) is 18.2 Å². The highest BCUT2D eigenvalue weighted by molar-refractivity contribution is 5.76. The van der Waals surface area contributed by atoms with Crippen LogP contribution in [-0.2, 0) is 4.79 Å². The summed E-state index contributed by atoms with van der Waals surface area (Å²) in [6.45, 7) is 5.06. The fourth-order valence-corrected chi connectivity index (χ4v) is 3.92. The topological polar surface area (TPSA) is 23.6 Å². The summed E-state index contributed by atoms with van der Waals surface area (Å²) in [5.41, 5.74) is 1.03. The van der Waals surface area contributed by atoms with Crippen molar-refractivity contribution in [3.8, 4) is 0 Å². The highest BCUT2D eigenvalue weighted by Crippen LogP contribution is 2.22. The second kappa shape index (κ2) is 9.14. The molecule has 2 heterocycles. The first-order valence-electron chi connectivity index (χ1n) is 9.63. The van der Waals surface area contributed by atoms with Crippen LogP contribution >= 0.6 is 0 Å². The molecule has 0 spiro atoms. The minimum absolute atomic E-state index is 0.195. The summed E-state index contributed by atoms with van der Waals surface area (Å²) in [5.74, 6) is 0.796. The number of carbonyl (C=O) groups excluding carboxylic acids is 1. The molecule has 0 saturated carbocycles. The Morgan fingerprint density at radius 1 is 1.12 bits per heavy atom. The average Bonchev–Trinajstić information content (AvgIpc) is 3.17. The van der Waals surface area contributed by atoms with Crippen LogP contribution in [0, 0.1) is 11.7 Å². The molecule has 1 aromatic carbocycles. The predicted molar refractivity (Wildman–Crippen MR) is 99.6 cm³/mol. The van der Waals surface area contributed by atoms with Crippen molar-refractivity contribution in [3.63, 3.8) is 0 Å². The van der Waals surface area contributed by atoms with Crippen LogP contribution in [0.15, 0.2) is 30.3 Å². The van der Waals surface area contributed by atoms with Gasteiger partial charge in [0.05, 0.1) is 0 Å². The average molecular weight is 344 g/mol. The molecule has 2 saturated heterocycles. The Bertz CT molecular complexity index is 578. The first kappa shape index (κ1) is 18.1. The normalized spacial score (nSPS) is 22.0. The molecule has 1 aromatic rings. The lowest BCUT2D eigenvalue weighted by Gasteiger charge is -2.32. The van der Waals surface area contributed by atoms with E-state index in [1.807, 2.05) is 4.90 Å². The molecule has 1 unspecified atom stereocenters. The summed E-state index contributed by atoms with van der Waals surface area (Å²) in [5, 5.41) is 0. The Labute approximate surface area is 150 Å². The van der Waals surface area contributed by atoms with Gasteiger partial charge in [-0.05, 0) is 62.3 Å². The summed E-state index contributed by atoms with van der Waals surface area (Å²) >= 11 is 0. The van der Waals surface area contributed by atoms with Gasteiger partial charge in [0.2, 0.25) is 5.91 Å². The number of likely N-dealkylation sites (tertiary alicyclic amines) is 2. The van der Waals surface area contributed by atoms with Gasteiger partial charge in [-0.25, -0.2) is 4.39 Å². The maximum atomic E-state index is 12.9. The van der Waals surface area contributed by atoms with Gasteiger partial charge >= 0.3 is 0 Å². The minimum atomic E-state index is -0.195. The van der Waals surface area contributed by atoms with Crippen LogP contribution in [0.1, 0.15) is 44.1 Å². The van der Waals surface area contributed by atoms with Crippen molar-refractivity contribution in [2.24, 2.45) is 5.92 Å². The number of hydrogen-bond donors (Lipinski definition) is 0. The van der Waals surface area contributed by atoms with E-state index >= 15 is 0 Å². The van der Waals surface area contributed by atoms with Gasteiger partial charge < -0.3 is 4.90 Å². The second-order valence-electron chi connectivity index (χ2n) is 7.35. The number of carbonyl (C=O) groups is 1. The molecule has 3 rings (SSSR count). The van der Waals surface area contributed by atoms with Crippen LogP contribution in [0.5, 0.6) is 0 Å². The lowest BCUT2D eigenvalue weighted by atomic mass is 9.93. The van der Waals surface area contributed by atoms with Crippen molar-refractivity contribution in [1.82, 2.24) is 9.80 Å². The molecule has 2 aliphatic rings. The number of hydrogen-bond acceptors (Lipinski definition) is 2. The second-order valence-corrected chi connectivity index (χ2v) is 7.35. The van der Waals surface area contributed by atoms with Gasteiger partial charge in [0.25, 0.3) is 0 Å². The molecular weight excluding hydrogens is 315 g/mol. The Kier molecular flexibility index (Phi) is 6.62. The number of halogens is 1. The minimum Gasteiger partial charge on any atom is -0.343 e. The Morgan fingerprint density at radius 2 is 1.88 bits per heavy atom. The third-order valence-electron chi connectivity index (χ3n) is 5.37. The molecule has 4 heteroatoms. The number of amides is 1. The van der Waals surface area contributed by atoms with Gasteiger partial charge in [-0.3, -0.25) is 9.69 Å². The smallest absolute Gasteiger partial charge is 0.222 e. The van der Waals surface area contributed by atoms with Crippen molar-refractivity contribution in [1.29, 1.82) is 0 Å². The van der Waals surface area contributed by atoms with Gasteiger partial charge in [-0.2, -0.15) is 0 Å². The van der Waals surface area contributed by atoms with E-state index in [9.17, 15) is 9.18 Å². The Hall–Kier alpha value is -1.68. The van der Waals surface area contributed by atoms with E-state index in [0.717, 1.165) is 44.7 Å². The lowest BCUT2D eigenvalue weighted by Crippen LogP contribution is -2.36. The first-order chi connectivity index (χ1) is 12.2. The monoisotopic (exact) mass is 344 g/mol. The van der Waals surface area contributed by atoms with Crippen molar-refractivity contribution >= 4 is 12.0 Å². The van der Waals surface area contributed by atoms with Crippen LogP contribution in [0.4, 0.5) is 4.39 Å².